The van der Waals surface area contributed by atoms with E-state index < -0.39 is 0 Å². The summed E-state index contributed by atoms with van der Waals surface area (Å²) in [5, 5.41) is 11.1. The van der Waals surface area contributed by atoms with Crippen LogP contribution in [0.1, 0.15) is 0 Å². The number of aromatic nitrogens is 3. The molecule has 0 fully saturated rings. The molecule has 0 unspecified atom stereocenters. The molecule has 0 amide bonds. The van der Waals surface area contributed by atoms with Gasteiger partial charge in [0.15, 0.2) is 17.5 Å². The predicted molar refractivity (Wildman–Crippen MR) is 229 cm³/mol. The van der Waals surface area contributed by atoms with Gasteiger partial charge in [-0.15, -0.1) is 0 Å². The van der Waals surface area contributed by atoms with E-state index in [0.29, 0.717) is 17.5 Å². The Morgan fingerprint density at radius 1 is 0.304 bits per heavy atom. The van der Waals surface area contributed by atoms with Crippen LogP contribution in [0.15, 0.2) is 185 Å². The first-order valence-electron chi connectivity index (χ1n) is 18.8. The molecule has 9 aromatic carbocycles. The van der Waals surface area contributed by atoms with Crippen LogP contribution in [-0.4, -0.2) is 15.0 Å². The summed E-state index contributed by atoms with van der Waals surface area (Å²) in [6.07, 6.45) is 0. The molecule has 56 heavy (non-hydrogen) atoms. The molecule has 12 aromatic rings. The lowest BCUT2D eigenvalue weighted by Crippen LogP contribution is -2.00. The van der Waals surface area contributed by atoms with Crippen molar-refractivity contribution in [1.82, 2.24) is 15.0 Å². The van der Waals surface area contributed by atoms with Crippen LogP contribution in [0.4, 0.5) is 0 Å². The number of benzene rings is 9. The summed E-state index contributed by atoms with van der Waals surface area (Å²) in [4.78, 5) is 15.4. The monoisotopic (exact) mass is 715 g/mol. The molecule has 0 aliphatic rings. The fourth-order valence-electron chi connectivity index (χ4n) is 8.46. The minimum Gasteiger partial charge on any atom is -0.456 e. The van der Waals surface area contributed by atoms with Gasteiger partial charge in [-0.1, -0.05) is 140 Å². The molecular weight excluding hydrogens is 687 g/mol. The normalized spacial score (nSPS) is 11.9. The van der Waals surface area contributed by atoms with E-state index in [4.69, 9.17) is 23.8 Å². The van der Waals surface area contributed by atoms with E-state index in [-0.39, 0.29) is 0 Å². The van der Waals surface area contributed by atoms with Crippen LogP contribution in [0.5, 0.6) is 0 Å². The summed E-state index contributed by atoms with van der Waals surface area (Å²) in [6, 6.07) is 61.0. The Kier molecular flexibility index (Phi) is 6.56. The zero-order valence-corrected chi connectivity index (χ0v) is 29.9. The number of hydrogen-bond donors (Lipinski definition) is 0. The number of rotatable bonds is 4. The van der Waals surface area contributed by atoms with Gasteiger partial charge in [0.2, 0.25) is 0 Å². The molecule has 0 bridgehead atoms. The number of hydrogen-bond acceptors (Lipinski definition) is 5. The standard InChI is InChI=1S/C51H29N3O2/c1-2-12-33(13-3-1)49-52-50(35-23-22-32-21-20-30-10-4-6-14-36(30)41(32)29-35)54-51(53-49)40-17-9-18-44-47(40)42-28-34(25-27-43(42)55-44)37-16-8-19-45-46(37)39-26-24-31-11-5-7-15-38(31)48(39)56-45/h1-29H. The summed E-state index contributed by atoms with van der Waals surface area (Å²) in [5.41, 5.74) is 8.23. The zero-order chi connectivity index (χ0) is 36.7. The highest BCUT2D eigenvalue weighted by molar-refractivity contribution is 6.20. The maximum Gasteiger partial charge on any atom is 0.164 e. The summed E-state index contributed by atoms with van der Waals surface area (Å²) < 4.78 is 13.1. The lowest BCUT2D eigenvalue weighted by atomic mass is 9.96. The summed E-state index contributed by atoms with van der Waals surface area (Å²) in [5.74, 6) is 1.81. The van der Waals surface area contributed by atoms with Crippen LogP contribution in [0.3, 0.4) is 0 Å². The molecule has 5 nitrogen and oxygen atoms in total. The highest BCUT2D eigenvalue weighted by Gasteiger charge is 2.20. The average molecular weight is 716 g/mol. The van der Waals surface area contributed by atoms with Gasteiger partial charge < -0.3 is 8.83 Å². The van der Waals surface area contributed by atoms with E-state index in [9.17, 15) is 0 Å². The Balaban J connectivity index is 1.07. The summed E-state index contributed by atoms with van der Waals surface area (Å²) in [7, 11) is 0. The second-order valence-electron chi connectivity index (χ2n) is 14.3. The van der Waals surface area contributed by atoms with E-state index >= 15 is 0 Å². The van der Waals surface area contributed by atoms with E-state index in [2.05, 4.69) is 133 Å². The Morgan fingerprint density at radius 3 is 1.73 bits per heavy atom. The average Bonchev–Trinajstić information content (AvgIpc) is 3.85. The topological polar surface area (TPSA) is 65.0 Å². The van der Waals surface area contributed by atoms with E-state index in [0.717, 1.165) is 87.9 Å². The van der Waals surface area contributed by atoms with Gasteiger partial charge in [0.25, 0.3) is 0 Å². The Bertz CT molecular complexity index is 3550. The minimum atomic E-state index is 0.584. The molecule has 0 aliphatic heterocycles. The van der Waals surface area contributed by atoms with Crippen molar-refractivity contribution in [3.8, 4) is 45.3 Å². The molecule has 3 aromatic heterocycles. The van der Waals surface area contributed by atoms with Crippen LogP contribution in [0.25, 0.3) is 121 Å². The number of furan rings is 2. The fraction of sp³-hybridized carbons (Fsp3) is 0. The fourth-order valence-corrected chi connectivity index (χ4v) is 8.46. The summed E-state index contributed by atoms with van der Waals surface area (Å²) in [6.45, 7) is 0. The van der Waals surface area contributed by atoms with Gasteiger partial charge in [-0.3, -0.25) is 0 Å². The minimum absolute atomic E-state index is 0.584. The largest absolute Gasteiger partial charge is 0.456 e. The zero-order valence-electron chi connectivity index (χ0n) is 29.9. The first-order valence-corrected chi connectivity index (χ1v) is 18.8. The molecule has 0 atom stereocenters. The van der Waals surface area contributed by atoms with Gasteiger partial charge in [-0.2, -0.15) is 0 Å². The van der Waals surface area contributed by atoms with Gasteiger partial charge in [-0.05, 0) is 74.5 Å². The molecule has 0 radical (unpaired) electrons. The SMILES string of the molecule is c1ccc(-c2nc(-c3ccc4ccc5ccccc5c4c3)nc(-c3cccc4oc5ccc(-c6cccc7oc8c9ccccc9ccc8c67)cc5c34)n2)cc1. The van der Waals surface area contributed by atoms with Crippen LogP contribution in [0, 0.1) is 0 Å². The van der Waals surface area contributed by atoms with Crippen molar-refractivity contribution in [2.24, 2.45) is 0 Å². The molecule has 0 aliphatic carbocycles. The van der Waals surface area contributed by atoms with Gasteiger partial charge in [-0.25, -0.2) is 15.0 Å². The third-order valence-corrected chi connectivity index (χ3v) is 11.1. The molecular formula is C51H29N3O2. The highest BCUT2D eigenvalue weighted by Crippen LogP contribution is 2.43. The highest BCUT2D eigenvalue weighted by atomic mass is 16.3. The van der Waals surface area contributed by atoms with E-state index in [1.807, 2.05) is 42.5 Å². The predicted octanol–water partition coefficient (Wildman–Crippen LogP) is 13.8. The molecule has 0 N–H and O–H groups in total. The Morgan fingerprint density at radius 2 is 0.893 bits per heavy atom. The van der Waals surface area contributed by atoms with Crippen molar-refractivity contribution >= 4 is 76.2 Å². The van der Waals surface area contributed by atoms with Crippen LogP contribution in [-0.2, 0) is 0 Å². The first kappa shape index (κ1) is 30.8. The van der Waals surface area contributed by atoms with Crippen molar-refractivity contribution < 1.29 is 8.83 Å². The maximum absolute atomic E-state index is 6.55. The van der Waals surface area contributed by atoms with Crippen molar-refractivity contribution in [2.75, 3.05) is 0 Å². The lowest BCUT2D eigenvalue weighted by molar-refractivity contribution is 0.669. The quantitative estimate of drug-likeness (QED) is 0.170. The third kappa shape index (κ3) is 4.71. The second-order valence-corrected chi connectivity index (χ2v) is 14.3. The lowest BCUT2D eigenvalue weighted by Gasteiger charge is -2.11. The van der Waals surface area contributed by atoms with Crippen molar-refractivity contribution in [3.05, 3.63) is 176 Å². The van der Waals surface area contributed by atoms with Crippen molar-refractivity contribution in [1.29, 1.82) is 0 Å². The molecule has 5 heteroatoms. The Hall–Kier alpha value is -7.63. The number of fused-ring (bicyclic) bond motifs is 11. The van der Waals surface area contributed by atoms with Gasteiger partial charge in [0.1, 0.15) is 22.3 Å². The van der Waals surface area contributed by atoms with Crippen LogP contribution >= 0.6 is 0 Å². The molecule has 12 rings (SSSR count). The second kappa shape index (κ2) is 11.9. The third-order valence-electron chi connectivity index (χ3n) is 11.1. The van der Waals surface area contributed by atoms with E-state index in [1.165, 1.54) is 16.2 Å². The number of nitrogens with zero attached hydrogens (tertiary/aromatic N) is 3. The smallest absolute Gasteiger partial charge is 0.164 e. The first-order chi connectivity index (χ1) is 27.7. The van der Waals surface area contributed by atoms with Crippen LogP contribution < -0.4 is 0 Å². The maximum atomic E-state index is 6.55. The van der Waals surface area contributed by atoms with Crippen molar-refractivity contribution in [3.63, 3.8) is 0 Å². The molecule has 0 saturated heterocycles. The molecule has 0 saturated carbocycles. The van der Waals surface area contributed by atoms with Gasteiger partial charge in [0, 0.05) is 43.6 Å². The van der Waals surface area contributed by atoms with Gasteiger partial charge >= 0.3 is 0 Å². The summed E-state index contributed by atoms with van der Waals surface area (Å²) >= 11 is 0. The van der Waals surface area contributed by atoms with Gasteiger partial charge in [0.05, 0.1) is 0 Å². The van der Waals surface area contributed by atoms with Crippen LogP contribution in [0.2, 0.25) is 0 Å². The van der Waals surface area contributed by atoms with E-state index in [1.54, 1.807) is 0 Å². The van der Waals surface area contributed by atoms with Crippen molar-refractivity contribution in [2.45, 2.75) is 0 Å². The molecule has 0 spiro atoms. The molecule has 260 valence electrons. The Labute approximate surface area is 320 Å². The molecule has 3 heterocycles.